The van der Waals surface area contributed by atoms with Crippen LogP contribution in [0.15, 0.2) is 53.1 Å². The van der Waals surface area contributed by atoms with Gasteiger partial charge < -0.3 is 14.0 Å². The molecule has 3 rings (SSSR count). The molecule has 0 unspecified atom stereocenters. The number of aromatic nitrogens is 2. The highest BCUT2D eigenvalue weighted by Crippen LogP contribution is 2.26. The van der Waals surface area contributed by atoms with Crippen molar-refractivity contribution in [3.8, 4) is 22.9 Å². The Labute approximate surface area is 138 Å². The van der Waals surface area contributed by atoms with Crippen molar-refractivity contribution in [3.05, 3.63) is 59.4 Å². The first-order valence-electron chi connectivity index (χ1n) is 7.06. The molecule has 3 aromatic rings. The fraction of sp³-hybridized carbons (Fsp3) is 0.176. The van der Waals surface area contributed by atoms with Crippen LogP contribution in [-0.4, -0.2) is 17.3 Å². The zero-order valence-corrected chi connectivity index (χ0v) is 13.4. The van der Waals surface area contributed by atoms with Crippen molar-refractivity contribution in [1.29, 1.82) is 0 Å². The minimum absolute atomic E-state index is 0.389. The fourth-order valence-electron chi connectivity index (χ4n) is 2.07. The quantitative estimate of drug-likeness (QED) is 0.687. The summed E-state index contributed by atoms with van der Waals surface area (Å²) in [5.74, 6) is 2.26. The SMILES string of the molecule is COc1cccc(-c2noc([C@@H](C)Oc3cccc(Cl)c3)n2)c1. The molecule has 0 N–H and O–H groups in total. The molecule has 0 spiro atoms. The van der Waals surface area contributed by atoms with Gasteiger partial charge in [0.15, 0.2) is 6.10 Å². The number of halogens is 1. The van der Waals surface area contributed by atoms with E-state index in [0.717, 1.165) is 11.3 Å². The van der Waals surface area contributed by atoms with Crippen molar-refractivity contribution in [1.82, 2.24) is 10.1 Å². The number of methoxy groups -OCH3 is 1. The summed E-state index contributed by atoms with van der Waals surface area (Å²) in [5, 5.41) is 4.60. The second-order valence-corrected chi connectivity index (χ2v) is 5.34. The van der Waals surface area contributed by atoms with Gasteiger partial charge >= 0.3 is 0 Å². The van der Waals surface area contributed by atoms with Crippen LogP contribution in [-0.2, 0) is 0 Å². The minimum Gasteiger partial charge on any atom is -0.497 e. The van der Waals surface area contributed by atoms with E-state index in [1.54, 1.807) is 19.2 Å². The molecule has 2 aromatic carbocycles. The Morgan fingerprint density at radius 1 is 1.09 bits per heavy atom. The smallest absolute Gasteiger partial charge is 0.267 e. The molecular formula is C17H15ClN2O3. The van der Waals surface area contributed by atoms with Crippen molar-refractivity contribution in [2.45, 2.75) is 13.0 Å². The monoisotopic (exact) mass is 330 g/mol. The lowest BCUT2D eigenvalue weighted by Gasteiger charge is -2.10. The molecule has 1 heterocycles. The summed E-state index contributed by atoms with van der Waals surface area (Å²) < 4.78 is 16.3. The lowest BCUT2D eigenvalue weighted by molar-refractivity contribution is 0.176. The largest absolute Gasteiger partial charge is 0.497 e. The molecule has 0 saturated heterocycles. The summed E-state index contributed by atoms with van der Waals surface area (Å²) in [5.41, 5.74) is 0.814. The zero-order chi connectivity index (χ0) is 16.2. The van der Waals surface area contributed by atoms with E-state index in [0.29, 0.717) is 22.5 Å². The molecule has 1 aromatic heterocycles. The Morgan fingerprint density at radius 3 is 2.65 bits per heavy atom. The highest BCUT2D eigenvalue weighted by Gasteiger charge is 2.17. The summed E-state index contributed by atoms with van der Waals surface area (Å²) in [6.07, 6.45) is -0.389. The number of benzene rings is 2. The minimum atomic E-state index is -0.389. The van der Waals surface area contributed by atoms with Crippen molar-refractivity contribution in [3.63, 3.8) is 0 Å². The van der Waals surface area contributed by atoms with Crippen LogP contribution in [0.4, 0.5) is 0 Å². The maximum atomic E-state index is 5.94. The summed E-state index contributed by atoms with van der Waals surface area (Å²) in [6.45, 7) is 1.84. The van der Waals surface area contributed by atoms with E-state index >= 15 is 0 Å². The van der Waals surface area contributed by atoms with E-state index in [1.165, 1.54) is 0 Å². The second kappa shape index (κ2) is 6.71. The standard InChI is InChI=1S/C17H15ClN2O3/c1-11(22-15-8-4-6-13(18)10-15)17-19-16(20-23-17)12-5-3-7-14(9-12)21-2/h3-11H,1-2H3/t11-/m1/s1. The average Bonchev–Trinajstić information content (AvgIpc) is 3.05. The first kappa shape index (κ1) is 15.4. The fourth-order valence-corrected chi connectivity index (χ4v) is 2.25. The maximum absolute atomic E-state index is 5.94. The van der Waals surface area contributed by atoms with Gasteiger partial charge in [0.1, 0.15) is 11.5 Å². The molecule has 0 saturated carbocycles. The van der Waals surface area contributed by atoms with Crippen molar-refractivity contribution in [2.75, 3.05) is 7.11 Å². The molecule has 0 bridgehead atoms. The summed E-state index contributed by atoms with van der Waals surface area (Å²) in [6, 6.07) is 14.6. The van der Waals surface area contributed by atoms with Crippen LogP contribution in [0.5, 0.6) is 11.5 Å². The van der Waals surface area contributed by atoms with Crippen LogP contribution in [0, 0.1) is 0 Å². The molecule has 118 valence electrons. The number of hydrogen-bond donors (Lipinski definition) is 0. The Bertz CT molecular complexity index is 804. The Hall–Kier alpha value is -2.53. The van der Waals surface area contributed by atoms with E-state index in [1.807, 2.05) is 43.3 Å². The van der Waals surface area contributed by atoms with Gasteiger partial charge in [0.2, 0.25) is 5.82 Å². The van der Waals surface area contributed by atoms with Crippen LogP contribution in [0.2, 0.25) is 5.02 Å². The van der Waals surface area contributed by atoms with E-state index in [-0.39, 0.29) is 6.10 Å². The van der Waals surface area contributed by atoms with E-state index in [4.69, 9.17) is 25.6 Å². The number of nitrogens with zero attached hydrogens (tertiary/aromatic N) is 2. The molecule has 6 heteroatoms. The van der Waals surface area contributed by atoms with Crippen LogP contribution in [0.1, 0.15) is 18.9 Å². The normalized spacial score (nSPS) is 12.0. The third-order valence-corrected chi connectivity index (χ3v) is 3.46. The molecule has 0 aliphatic heterocycles. The van der Waals surface area contributed by atoms with Gasteiger partial charge in [-0.25, -0.2) is 0 Å². The topological polar surface area (TPSA) is 57.4 Å². The predicted octanol–water partition coefficient (Wildman–Crippen LogP) is 4.54. The molecule has 0 fully saturated rings. The number of rotatable bonds is 5. The van der Waals surface area contributed by atoms with Gasteiger partial charge in [-0.15, -0.1) is 0 Å². The number of hydrogen-bond acceptors (Lipinski definition) is 5. The first-order valence-corrected chi connectivity index (χ1v) is 7.44. The van der Waals surface area contributed by atoms with Gasteiger partial charge in [0.25, 0.3) is 5.89 Å². The Balaban J connectivity index is 1.78. The van der Waals surface area contributed by atoms with Crippen molar-refractivity contribution < 1.29 is 14.0 Å². The Kier molecular flexibility index (Phi) is 4.48. The summed E-state index contributed by atoms with van der Waals surface area (Å²) in [4.78, 5) is 4.38. The third kappa shape index (κ3) is 3.63. The van der Waals surface area contributed by atoms with Crippen molar-refractivity contribution >= 4 is 11.6 Å². The highest BCUT2D eigenvalue weighted by molar-refractivity contribution is 6.30. The van der Waals surface area contributed by atoms with Gasteiger partial charge in [0.05, 0.1) is 7.11 Å². The van der Waals surface area contributed by atoms with E-state index < -0.39 is 0 Å². The molecule has 5 nitrogen and oxygen atoms in total. The van der Waals surface area contributed by atoms with E-state index in [9.17, 15) is 0 Å². The second-order valence-electron chi connectivity index (χ2n) is 4.91. The Morgan fingerprint density at radius 2 is 1.87 bits per heavy atom. The molecule has 0 aliphatic carbocycles. The number of ether oxygens (including phenoxy) is 2. The molecular weight excluding hydrogens is 316 g/mol. The first-order chi connectivity index (χ1) is 11.2. The average molecular weight is 331 g/mol. The molecule has 0 amide bonds. The molecule has 0 aliphatic rings. The van der Waals surface area contributed by atoms with Gasteiger partial charge in [-0.2, -0.15) is 4.98 Å². The van der Waals surface area contributed by atoms with Gasteiger partial charge in [-0.3, -0.25) is 0 Å². The van der Waals surface area contributed by atoms with Crippen LogP contribution in [0.25, 0.3) is 11.4 Å². The van der Waals surface area contributed by atoms with Crippen LogP contribution >= 0.6 is 11.6 Å². The highest BCUT2D eigenvalue weighted by atomic mass is 35.5. The molecule has 1 atom stereocenters. The van der Waals surface area contributed by atoms with Crippen LogP contribution < -0.4 is 9.47 Å². The maximum Gasteiger partial charge on any atom is 0.267 e. The zero-order valence-electron chi connectivity index (χ0n) is 12.7. The van der Waals surface area contributed by atoms with Gasteiger partial charge in [0, 0.05) is 10.6 Å². The summed E-state index contributed by atoms with van der Waals surface area (Å²) >= 11 is 5.94. The lowest BCUT2D eigenvalue weighted by atomic mass is 10.2. The van der Waals surface area contributed by atoms with Gasteiger partial charge in [-0.1, -0.05) is 35.0 Å². The van der Waals surface area contributed by atoms with E-state index in [2.05, 4.69) is 10.1 Å². The molecule has 23 heavy (non-hydrogen) atoms. The van der Waals surface area contributed by atoms with Crippen LogP contribution in [0.3, 0.4) is 0 Å². The summed E-state index contributed by atoms with van der Waals surface area (Å²) in [7, 11) is 1.61. The predicted molar refractivity (Wildman–Crippen MR) is 86.8 cm³/mol. The molecule has 0 radical (unpaired) electrons. The third-order valence-electron chi connectivity index (χ3n) is 3.23. The van der Waals surface area contributed by atoms with Gasteiger partial charge in [-0.05, 0) is 37.3 Å². The van der Waals surface area contributed by atoms with Crippen molar-refractivity contribution in [2.24, 2.45) is 0 Å². The lowest BCUT2D eigenvalue weighted by Crippen LogP contribution is -2.03.